The first-order valence-electron chi connectivity index (χ1n) is 9.50. The van der Waals surface area contributed by atoms with Gasteiger partial charge in [-0.1, -0.05) is 65.9 Å². The highest BCUT2D eigenvalue weighted by atomic mass is 16.5. The van der Waals surface area contributed by atoms with Gasteiger partial charge in [0.25, 0.3) is 5.91 Å². The molecule has 0 aliphatic rings. The van der Waals surface area contributed by atoms with Crippen molar-refractivity contribution in [2.75, 3.05) is 0 Å². The third kappa shape index (κ3) is 6.00. The van der Waals surface area contributed by atoms with Crippen LogP contribution in [0.1, 0.15) is 47.9 Å². The van der Waals surface area contributed by atoms with Crippen molar-refractivity contribution in [2.45, 2.75) is 39.0 Å². The molecule has 2 aromatic carbocycles. The van der Waals surface area contributed by atoms with Crippen LogP contribution in [0.3, 0.4) is 0 Å². The zero-order valence-electron chi connectivity index (χ0n) is 16.5. The Morgan fingerprint density at radius 3 is 2.34 bits per heavy atom. The van der Waals surface area contributed by atoms with Crippen LogP contribution in [0, 0.1) is 0 Å². The van der Waals surface area contributed by atoms with Crippen molar-refractivity contribution in [3.05, 3.63) is 83.7 Å². The number of hydrogen-bond acceptors (Lipinski definition) is 5. The van der Waals surface area contributed by atoms with E-state index in [0.717, 1.165) is 11.1 Å². The van der Waals surface area contributed by atoms with Gasteiger partial charge in [-0.2, -0.15) is 0 Å². The maximum atomic E-state index is 12.7. The molecule has 0 saturated carbocycles. The van der Waals surface area contributed by atoms with Crippen LogP contribution in [0.15, 0.2) is 66.9 Å². The molecule has 1 heterocycles. The van der Waals surface area contributed by atoms with Crippen molar-refractivity contribution in [1.29, 1.82) is 0 Å². The first kappa shape index (κ1) is 20.3. The predicted molar refractivity (Wildman–Crippen MR) is 108 cm³/mol. The summed E-state index contributed by atoms with van der Waals surface area (Å²) < 4.78 is 6.84. The quantitative estimate of drug-likeness (QED) is 0.595. The number of aromatic nitrogens is 3. The van der Waals surface area contributed by atoms with Crippen molar-refractivity contribution in [3.8, 4) is 0 Å². The minimum atomic E-state index is -0.519. The van der Waals surface area contributed by atoms with Crippen molar-refractivity contribution in [1.82, 2.24) is 20.3 Å². The molecule has 7 nitrogen and oxygen atoms in total. The van der Waals surface area contributed by atoms with Crippen molar-refractivity contribution in [3.63, 3.8) is 0 Å². The van der Waals surface area contributed by atoms with E-state index in [0.29, 0.717) is 6.54 Å². The van der Waals surface area contributed by atoms with Crippen LogP contribution in [0.4, 0.5) is 0 Å². The Morgan fingerprint density at radius 1 is 1.03 bits per heavy atom. The fourth-order valence-electron chi connectivity index (χ4n) is 2.90. The molecule has 3 aromatic rings. The topological polar surface area (TPSA) is 86.1 Å². The van der Waals surface area contributed by atoms with Gasteiger partial charge in [0.05, 0.1) is 31.3 Å². The Balaban J connectivity index is 1.70. The molecule has 0 fully saturated rings. The first-order valence-corrected chi connectivity index (χ1v) is 9.50. The smallest absolute Gasteiger partial charge is 0.308 e. The van der Waals surface area contributed by atoms with E-state index in [1.807, 2.05) is 60.7 Å². The highest BCUT2D eigenvalue weighted by Crippen LogP contribution is 2.18. The highest BCUT2D eigenvalue weighted by molar-refractivity contribution is 5.92. The summed E-state index contributed by atoms with van der Waals surface area (Å²) in [5.41, 5.74) is 2.07. The summed E-state index contributed by atoms with van der Waals surface area (Å²) in [4.78, 5) is 24.9. The summed E-state index contributed by atoms with van der Waals surface area (Å²) in [5, 5.41) is 10.9. The molecule has 1 amide bonds. The number of nitrogens with one attached hydrogen (secondary N) is 1. The summed E-state index contributed by atoms with van der Waals surface area (Å²) in [6.45, 7) is 4.10. The summed E-state index contributed by atoms with van der Waals surface area (Å²) in [5.74, 6) is -0.766. The van der Waals surface area contributed by atoms with Crippen LogP contribution in [0.25, 0.3) is 0 Å². The first-order chi connectivity index (χ1) is 14.0. The molecular weight excluding hydrogens is 368 g/mol. The lowest BCUT2D eigenvalue weighted by Gasteiger charge is -2.18. The summed E-state index contributed by atoms with van der Waals surface area (Å²) in [7, 11) is 0. The van der Waals surface area contributed by atoms with E-state index < -0.39 is 11.9 Å². The standard InChI is InChI=1S/C22H24N4O3/c1-16(2)29-21(27)13-19(18-11-7-4-8-12-18)23-22(28)20-15-26(25-24-20)14-17-9-5-3-6-10-17/h3-12,15-16,19H,13-14H2,1-2H3,(H,23,28). The van der Waals surface area contributed by atoms with E-state index in [2.05, 4.69) is 15.6 Å². The summed E-state index contributed by atoms with van der Waals surface area (Å²) in [6.07, 6.45) is 1.41. The predicted octanol–water partition coefficient (Wildman–Crippen LogP) is 3.14. The lowest BCUT2D eigenvalue weighted by atomic mass is 10.0. The van der Waals surface area contributed by atoms with E-state index in [4.69, 9.17) is 4.74 Å². The zero-order chi connectivity index (χ0) is 20.6. The largest absolute Gasteiger partial charge is 0.463 e. The van der Waals surface area contributed by atoms with Gasteiger partial charge in [-0.15, -0.1) is 5.10 Å². The molecule has 0 radical (unpaired) electrons. The van der Waals surface area contributed by atoms with Gasteiger partial charge in [-0.25, -0.2) is 4.68 Å². The average Bonchev–Trinajstić information content (AvgIpc) is 3.17. The van der Waals surface area contributed by atoms with Crippen molar-refractivity contribution >= 4 is 11.9 Å². The molecule has 29 heavy (non-hydrogen) atoms. The number of esters is 1. The molecule has 3 rings (SSSR count). The van der Waals surface area contributed by atoms with Gasteiger partial charge in [0.2, 0.25) is 0 Å². The molecule has 0 aliphatic heterocycles. The highest BCUT2D eigenvalue weighted by Gasteiger charge is 2.22. The lowest BCUT2D eigenvalue weighted by Crippen LogP contribution is -2.31. The second kappa shape index (κ2) is 9.64. The number of carbonyl (C=O) groups excluding carboxylic acids is 2. The Kier molecular flexibility index (Phi) is 6.73. The monoisotopic (exact) mass is 392 g/mol. The lowest BCUT2D eigenvalue weighted by molar-refractivity contribution is -0.147. The van der Waals surface area contributed by atoms with Gasteiger partial charge in [0.1, 0.15) is 0 Å². The number of hydrogen-bond donors (Lipinski definition) is 1. The maximum Gasteiger partial charge on any atom is 0.308 e. The molecule has 1 atom stereocenters. The number of nitrogens with zero attached hydrogens (tertiary/aromatic N) is 3. The minimum Gasteiger partial charge on any atom is -0.463 e. The average molecular weight is 392 g/mol. The molecule has 0 saturated heterocycles. The van der Waals surface area contributed by atoms with Crippen LogP contribution >= 0.6 is 0 Å². The van der Waals surface area contributed by atoms with Gasteiger partial charge in [-0.3, -0.25) is 9.59 Å². The van der Waals surface area contributed by atoms with Crippen LogP contribution in [0.5, 0.6) is 0 Å². The molecule has 150 valence electrons. The van der Waals surface area contributed by atoms with Crippen LogP contribution in [0.2, 0.25) is 0 Å². The Morgan fingerprint density at radius 2 is 1.69 bits per heavy atom. The van der Waals surface area contributed by atoms with E-state index in [1.165, 1.54) is 0 Å². The van der Waals surface area contributed by atoms with Crippen molar-refractivity contribution in [2.24, 2.45) is 0 Å². The summed E-state index contributed by atoms with van der Waals surface area (Å²) >= 11 is 0. The van der Waals surface area contributed by atoms with E-state index >= 15 is 0 Å². The third-order valence-electron chi connectivity index (χ3n) is 4.20. The summed E-state index contributed by atoms with van der Waals surface area (Å²) in [6, 6.07) is 18.6. The Bertz CT molecular complexity index is 939. The van der Waals surface area contributed by atoms with Gasteiger partial charge in [0.15, 0.2) is 5.69 Å². The van der Waals surface area contributed by atoms with Crippen LogP contribution < -0.4 is 5.32 Å². The normalized spacial score (nSPS) is 11.8. The van der Waals surface area contributed by atoms with Gasteiger partial charge < -0.3 is 10.1 Å². The molecule has 7 heteroatoms. The van der Waals surface area contributed by atoms with Crippen molar-refractivity contribution < 1.29 is 14.3 Å². The molecule has 0 aliphatic carbocycles. The zero-order valence-corrected chi connectivity index (χ0v) is 16.5. The molecule has 1 unspecified atom stereocenters. The van der Waals surface area contributed by atoms with Gasteiger partial charge >= 0.3 is 5.97 Å². The van der Waals surface area contributed by atoms with Crippen LogP contribution in [-0.4, -0.2) is 33.0 Å². The van der Waals surface area contributed by atoms with Crippen LogP contribution in [-0.2, 0) is 16.1 Å². The minimum absolute atomic E-state index is 0.0338. The Labute approximate surface area is 169 Å². The fraction of sp³-hybridized carbons (Fsp3) is 0.273. The number of benzene rings is 2. The SMILES string of the molecule is CC(C)OC(=O)CC(NC(=O)c1cn(Cc2ccccc2)nn1)c1ccccc1. The molecular formula is C22H24N4O3. The molecule has 0 spiro atoms. The third-order valence-corrected chi connectivity index (χ3v) is 4.20. The van der Waals surface area contributed by atoms with E-state index in [-0.39, 0.29) is 24.2 Å². The van der Waals surface area contributed by atoms with E-state index in [1.54, 1.807) is 24.7 Å². The Hall–Kier alpha value is -3.48. The fourth-order valence-corrected chi connectivity index (χ4v) is 2.90. The molecule has 1 N–H and O–H groups in total. The number of amides is 1. The number of carbonyl (C=O) groups is 2. The second-order valence-electron chi connectivity index (χ2n) is 6.97. The molecule has 1 aromatic heterocycles. The van der Waals surface area contributed by atoms with Gasteiger partial charge in [-0.05, 0) is 25.0 Å². The maximum absolute atomic E-state index is 12.7. The number of rotatable bonds is 8. The van der Waals surface area contributed by atoms with E-state index in [9.17, 15) is 9.59 Å². The number of ether oxygens (including phenoxy) is 1. The van der Waals surface area contributed by atoms with Gasteiger partial charge in [0, 0.05) is 0 Å². The second-order valence-corrected chi connectivity index (χ2v) is 6.97. The molecule has 0 bridgehead atoms.